The Morgan fingerprint density at radius 2 is 1.93 bits per heavy atom. The highest BCUT2D eigenvalue weighted by Gasteiger charge is 2.33. The van der Waals surface area contributed by atoms with E-state index in [9.17, 15) is 17.6 Å². The number of alkyl halides is 3. The van der Waals surface area contributed by atoms with Crippen molar-refractivity contribution < 1.29 is 17.6 Å². The van der Waals surface area contributed by atoms with Crippen LogP contribution in [0.5, 0.6) is 0 Å². The van der Waals surface area contributed by atoms with E-state index in [0.29, 0.717) is 12.0 Å². The van der Waals surface area contributed by atoms with Crippen LogP contribution in [0.4, 0.5) is 17.6 Å². The van der Waals surface area contributed by atoms with E-state index in [0.717, 1.165) is 12.1 Å². The van der Waals surface area contributed by atoms with Crippen LogP contribution in [0.25, 0.3) is 0 Å². The van der Waals surface area contributed by atoms with Crippen LogP contribution < -0.4 is 0 Å². The van der Waals surface area contributed by atoms with Crippen molar-refractivity contribution in [1.29, 1.82) is 0 Å². The smallest absolute Gasteiger partial charge is 0.206 e. The highest BCUT2D eigenvalue weighted by molar-refractivity contribution is 9.11. The van der Waals surface area contributed by atoms with E-state index in [1.165, 1.54) is 6.07 Å². The van der Waals surface area contributed by atoms with Crippen LogP contribution in [-0.4, -0.2) is 0 Å². The van der Waals surface area contributed by atoms with Crippen LogP contribution in [0.3, 0.4) is 0 Å². The molecule has 0 aliphatic heterocycles. The topological polar surface area (TPSA) is 0 Å². The van der Waals surface area contributed by atoms with Gasteiger partial charge in [-0.1, -0.05) is 28.1 Å². The van der Waals surface area contributed by atoms with Crippen molar-refractivity contribution in [2.24, 2.45) is 0 Å². The maximum absolute atomic E-state index is 13.0. The first-order valence-electron chi connectivity index (χ1n) is 4.06. The zero-order valence-corrected chi connectivity index (χ0v) is 9.07. The Hall–Kier alpha value is -0.840. The van der Waals surface area contributed by atoms with Crippen LogP contribution in [0.15, 0.2) is 29.3 Å². The molecule has 0 aromatic heterocycles. The lowest BCUT2D eigenvalue weighted by atomic mass is 10.1. The maximum Gasteiger partial charge on any atom is 0.419 e. The van der Waals surface area contributed by atoms with E-state index < -0.39 is 17.6 Å². The minimum Gasteiger partial charge on any atom is -0.206 e. The van der Waals surface area contributed by atoms with Gasteiger partial charge in [-0.3, -0.25) is 0 Å². The molecule has 0 saturated heterocycles. The maximum atomic E-state index is 13.0. The molecule has 82 valence electrons. The van der Waals surface area contributed by atoms with Gasteiger partial charge < -0.3 is 0 Å². The Kier molecular flexibility index (Phi) is 3.90. The summed E-state index contributed by atoms with van der Waals surface area (Å²) in [5, 5.41) is 0. The Bertz CT molecular complexity index is 368. The molecule has 1 rings (SSSR count). The number of hydrogen-bond donors (Lipinski definition) is 0. The molecule has 0 spiro atoms. The summed E-state index contributed by atoms with van der Waals surface area (Å²) in [5.74, 6) is -1.23. The van der Waals surface area contributed by atoms with Crippen molar-refractivity contribution in [3.05, 3.63) is 46.2 Å². The monoisotopic (exact) mass is 282 g/mol. The zero-order valence-electron chi connectivity index (χ0n) is 7.48. The van der Waals surface area contributed by atoms with Gasteiger partial charge in [-0.05, 0) is 29.1 Å². The fourth-order valence-electron chi connectivity index (χ4n) is 1.10. The average Bonchev–Trinajstić information content (AvgIpc) is 2.12. The highest BCUT2D eigenvalue weighted by atomic mass is 79.9. The molecule has 0 radical (unpaired) electrons. The highest BCUT2D eigenvalue weighted by Crippen LogP contribution is 2.31. The number of hydrogen-bond acceptors (Lipinski definition) is 0. The third-order valence-electron chi connectivity index (χ3n) is 1.78. The van der Waals surface area contributed by atoms with E-state index in [-0.39, 0.29) is 0 Å². The van der Waals surface area contributed by atoms with Crippen molar-refractivity contribution in [1.82, 2.24) is 0 Å². The molecule has 15 heavy (non-hydrogen) atoms. The molecule has 0 fully saturated rings. The second-order valence-corrected chi connectivity index (χ2v) is 3.41. The molecule has 1 aromatic rings. The van der Waals surface area contributed by atoms with Gasteiger partial charge in [0.1, 0.15) is 5.82 Å². The Labute approximate surface area is 92.7 Å². The molecule has 0 bridgehead atoms. The molecule has 0 aliphatic carbocycles. The third-order valence-corrected chi connectivity index (χ3v) is 2.16. The van der Waals surface area contributed by atoms with Crippen LogP contribution in [0.1, 0.15) is 11.1 Å². The van der Waals surface area contributed by atoms with E-state index in [1.54, 1.807) is 11.1 Å². The summed E-state index contributed by atoms with van der Waals surface area (Å²) in [6.07, 6.45) is -2.57. The van der Waals surface area contributed by atoms with Gasteiger partial charge in [-0.15, -0.1) is 0 Å². The van der Waals surface area contributed by atoms with Gasteiger partial charge in [0.25, 0.3) is 0 Å². The van der Waals surface area contributed by atoms with Gasteiger partial charge in [0.05, 0.1) is 5.56 Å². The lowest BCUT2D eigenvalue weighted by Crippen LogP contribution is -2.08. The molecule has 0 heterocycles. The molecule has 5 heteroatoms. The standard InChI is InChI=1S/C10H7BrF4/c11-5-1-2-7-3-4-8(9(12)6-7)10(13,14)15/h1,3-6H,2H2. The number of benzene rings is 1. The first kappa shape index (κ1) is 12.2. The number of allylic oxidation sites excluding steroid dienone is 1. The largest absolute Gasteiger partial charge is 0.419 e. The van der Waals surface area contributed by atoms with Crippen molar-refractivity contribution >= 4 is 15.9 Å². The summed E-state index contributed by atoms with van der Waals surface area (Å²) < 4.78 is 49.5. The quantitative estimate of drug-likeness (QED) is 0.710. The summed E-state index contributed by atoms with van der Waals surface area (Å²) >= 11 is 3.02. The second-order valence-electron chi connectivity index (χ2n) is 2.88. The molecule has 0 nitrogen and oxygen atoms in total. The Morgan fingerprint density at radius 1 is 1.27 bits per heavy atom. The minimum atomic E-state index is -4.63. The molecular weight excluding hydrogens is 276 g/mol. The summed E-state index contributed by atoms with van der Waals surface area (Å²) in [6, 6.07) is 2.92. The van der Waals surface area contributed by atoms with Crippen molar-refractivity contribution in [3.63, 3.8) is 0 Å². The number of halogens is 5. The van der Waals surface area contributed by atoms with Crippen LogP contribution in [-0.2, 0) is 12.6 Å². The van der Waals surface area contributed by atoms with Crippen molar-refractivity contribution in [2.45, 2.75) is 12.6 Å². The lowest BCUT2D eigenvalue weighted by molar-refractivity contribution is -0.140. The van der Waals surface area contributed by atoms with E-state index in [4.69, 9.17) is 0 Å². The molecule has 0 aliphatic rings. The van der Waals surface area contributed by atoms with Crippen LogP contribution in [0, 0.1) is 5.82 Å². The van der Waals surface area contributed by atoms with E-state index >= 15 is 0 Å². The summed E-state index contributed by atoms with van der Waals surface area (Å²) in [5.41, 5.74) is -0.731. The third kappa shape index (κ3) is 3.34. The molecule has 0 amide bonds. The van der Waals surface area contributed by atoms with Gasteiger partial charge in [0.15, 0.2) is 0 Å². The molecule has 0 unspecified atom stereocenters. The van der Waals surface area contributed by atoms with Crippen molar-refractivity contribution in [2.75, 3.05) is 0 Å². The fraction of sp³-hybridized carbons (Fsp3) is 0.200. The minimum absolute atomic E-state index is 0.389. The predicted molar refractivity (Wildman–Crippen MR) is 53.2 cm³/mol. The first-order chi connectivity index (χ1) is 6.95. The normalized spacial score (nSPS) is 12.3. The second kappa shape index (κ2) is 4.79. The van der Waals surface area contributed by atoms with Gasteiger partial charge in [-0.25, -0.2) is 4.39 Å². The van der Waals surface area contributed by atoms with Gasteiger partial charge >= 0.3 is 6.18 Å². The fourth-order valence-corrected chi connectivity index (χ4v) is 1.28. The zero-order chi connectivity index (χ0) is 11.5. The molecule has 1 aromatic carbocycles. The van der Waals surface area contributed by atoms with Gasteiger partial charge in [-0.2, -0.15) is 13.2 Å². The summed E-state index contributed by atoms with van der Waals surface area (Å²) in [6.45, 7) is 0. The van der Waals surface area contributed by atoms with Crippen LogP contribution >= 0.6 is 15.9 Å². The average molecular weight is 283 g/mol. The SMILES string of the molecule is Fc1cc(CC=CBr)ccc1C(F)(F)F. The lowest BCUT2D eigenvalue weighted by Gasteiger charge is -2.08. The Morgan fingerprint density at radius 3 is 2.40 bits per heavy atom. The molecule has 0 saturated carbocycles. The predicted octanol–water partition coefficient (Wildman–Crippen LogP) is 4.30. The summed E-state index contributed by atoms with van der Waals surface area (Å²) in [7, 11) is 0. The van der Waals surface area contributed by atoms with Crippen molar-refractivity contribution in [3.8, 4) is 0 Å². The van der Waals surface area contributed by atoms with Gasteiger partial charge in [0, 0.05) is 0 Å². The first-order valence-corrected chi connectivity index (χ1v) is 4.97. The summed E-state index contributed by atoms with van der Waals surface area (Å²) in [4.78, 5) is 1.57. The number of rotatable bonds is 2. The molecule has 0 atom stereocenters. The Balaban J connectivity index is 2.98. The van der Waals surface area contributed by atoms with E-state index in [2.05, 4.69) is 15.9 Å². The van der Waals surface area contributed by atoms with E-state index in [1.807, 2.05) is 0 Å². The molecule has 0 N–H and O–H groups in total. The van der Waals surface area contributed by atoms with Gasteiger partial charge in [0.2, 0.25) is 0 Å². The van der Waals surface area contributed by atoms with Crippen LogP contribution in [0.2, 0.25) is 0 Å². The molecular formula is C10H7BrF4.